The van der Waals surface area contributed by atoms with Crippen LogP contribution in [0, 0.1) is 11.8 Å². The number of hydrogen-bond acceptors (Lipinski definition) is 2. The van der Waals surface area contributed by atoms with Gasteiger partial charge in [-0.1, -0.05) is 12.2 Å². The smallest absolute Gasteiger partial charge is 0.161 e. The summed E-state index contributed by atoms with van der Waals surface area (Å²) >= 11 is 0. The largest absolute Gasteiger partial charge is 0.493 e. The summed E-state index contributed by atoms with van der Waals surface area (Å²) in [6.07, 6.45) is 8.43. The Labute approximate surface area is 133 Å². The molecule has 1 aromatic rings. The highest BCUT2D eigenvalue weighted by Gasteiger charge is 2.54. The van der Waals surface area contributed by atoms with Crippen molar-refractivity contribution in [2.75, 3.05) is 34.4 Å². The van der Waals surface area contributed by atoms with E-state index < -0.39 is 0 Å². The van der Waals surface area contributed by atoms with Crippen molar-refractivity contribution in [3.63, 3.8) is 0 Å². The fourth-order valence-electron chi connectivity index (χ4n) is 5.20. The van der Waals surface area contributed by atoms with Crippen LogP contribution < -0.4 is 9.47 Å². The summed E-state index contributed by atoms with van der Waals surface area (Å²) < 4.78 is 12.3. The highest BCUT2D eigenvalue weighted by Crippen LogP contribution is 2.53. The van der Waals surface area contributed by atoms with Crippen LogP contribution in [0.15, 0.2) is 24.3 Å². The maximum absolute atomic E-state index is 5.57. The first-order valence-electron chi connectivity index (χ1n) is 8.40. The molecular weight excluding hydrogens is 274 g/mol. The van der Waals surface area contributed by atoms with E-state index in [0.29, 0.717) is 6.04 Å². The fraction of sp³-hybridized carbons (Fsp3) is 0.579. The van der Waals surface area contributed by atoms with Gasteiger partial charge in [-0.3, -0.25) is 0 Å². The van der Waals surface area contributed by atoms with E-state index in [-0.39, 0.29) is 0 Å². The highest BCUT2D eigenvalue weighted by atomic mass is 16.5. The third-order valence-electron chi connectivity index (χ3n) is 6.20. The van der Waals surface area contributed by atoms with Gasteiger partial charge in [0, 0.05) is 23.8 Å². The Balaban J connectivity index is 1.82. The van der Waals surface area contributed by atoms with Crippen molar-refractivity contribution in [3.8, 4) is 11.5 Å². The molecule has 0 bridgehead atoms. The lowest BCUT2D eigenvalue weighted by atomic mass is 9.77. The number of fused-ring (bicyclic) bond motifs is 5. The summed E-state index contributed by atoms with van der Waals surface area (Å²) in [7, 11) is 5.93. The normalized spacial score (nSPS) is 35.5. The second-order valence-corrected chi connectivity index (χ2v) is 7.35. The van der Waals surface area contributed by atoms with Crippen molar-refractivity contribution in [2.45, 2.75) is 25.3 Å². The lowest BCUT2D eigenvalue weighted by Crippen LogP contribution is -2.48. The number of allylic oxidation sites excluding steroid dienone is 2. The van der Waals surface area contributed by atoms with Crippen molar-refractivity contribution < 1.29 is 14.0 Å². The number of likely N-dealkylation sites (N-methyl/N-ethyl adjacent to an activating group) is 1. The molecule has 3 aliphatic rings. The molecule has 0 N–H and O–H groups in total. The van der Waals surface area contributed by atoms with E-state index in [9.17, 15) is 0 Å². The van der Waals surface area contributed by atoms with E-state index in [2.05, 4.69) is 31.3 Å². The second-order valence-electron chi connectivity index (χ2n) is 7.35. The van der Waals surface area contributed by atoms with Crippen LogP contribution in [0.25, 0.3) is 0 Å². The van der Waals surface area contributed by atoms with Crippen LogP contribution in [0.5, 0.6) is 11.5 Å². The molecule has 22 heavy (non-hydrogen) atoms. The average molecular weight is 300 g/mol. The van der Waals surface area contributed by atoms with E-state index in [0.717, 1.165) is 29.8 Å². The molecule has 0 unspecified atom stereocenters. The highest BCUT2D eigenvalue weighted by molar-refractivity contribution is 5.49. The van der Waals surface area contributed by atoms with E-state index in [4.69, 9.17) is 9.47 Å². The fourth-order valence-corrected chi connectivity index (χ4v) is 5.20. The van der Waals surface area contributed by atoms with Crippen LogP contribution in [0.1, 0.15) is 30.0 Å². The van der Waals surface area contributed by atoms with Gasteiger partial charge < -0.3 is 14.0 Å². The molecule has 0 aromatic heterocycles. The van der Waals surface area contributed by atoms with E-state index in [1.165, 1.54) is 41.5 Å². The summed E-state index contributed by atoms with van der Waals surface area (Å²) in [6, 6.07) is 5.09. The lowest BCUT2D eigenvalue weighted by Gasteiger charge is -2.42. The van der Waals surface area contributed by atoms with Crippen molar-refractivity contribution in [1.82, 2.24) is 0 Å². The number of nitrogens with zero attached hydrogens (tertiary/aromatic N) is 1. The Morgan fingerprint density at radius 3 is 2.55 bits per heavy atom. The number of ether oxygens (including phenoxy) is 2. The van der Waals surface area contributed by atoms with Gasteiger partial charge in [-0.25, -0.2) is 0 Å². The Bertz CT molecular complexity index is 624. The van der Waals surface area contributed by atoms with Gasteiger partial charge in [-0.2, -0.15) is 0 Å². The molecule has 3 nitrogen and oxygen atoms in total. The summed E-state index contributed by atoms with van der Waals surface area (Å²) in [6.45, 7) is 2.58. The Kier molecular flexibility index (Phi) is 3.23. The number of hydrogen-bond donors (Lipinski definition) is 0. The minimum absolute atomic E-state index is 0.624. The molecule has 1 aromatic carbocycles. The van der Waals surface area contributed by atoms with Gasteiger partial charge >= 0.3 is 0 Å². The quantitative estimate of drug-likeness (QED) is 0.616. The zero-order chi connectivity index (χ0) is 15.3. The summed E-state index contributed by atoms with van der Waals surface area (Å²) in [4.78, 5) is 0. The van der Waals surface area contributed by atoms with Crippen molar-refractivity contribution in [2.24, 2.45) is 11.8 Å². The van der Waals surface area contributed by atoms with Gasteiger partial charge in [0.05, 0.1) is 34.4 Å². The van der Waals surface area contributed by atoms with Crippen LogP contribution in [0.2, 0.25) is 0 Å². The number of benzene rings is 1. The minimum Gasteiger partial charge on any atom is -0.493 e. The van der Waals surface area contributed by atoms with E-state index >= 15 is 0 Å². The molecule has 1 fully saturated rings. The summed E-state index contributed by atoms with van der Waals surface area (Å²) in [5.41, 5.74) is 2.97. The van der Waals surface area contributed by atoms with Crippen LogP contribution in [0.3, 0.4) is 0 Å². The van der Waals surface area contributed by atoms with Crippen molar-refractivity contribution in [1.29, 1.82) is 0 Å². The van der Waals surface area contributed by atoms with Gasteiger partial charge in [0.2, 0.25) is 0 Å². The molecule has 2 heterocycles. The summed E-state index contributed by atoms with van der Waals surface area (Å²) in [5, 5.41) is 0. The second kappa shape index (κ2) is 5.02. The predicted molar refractivity (Wildman–Crippen MR) is 87.3 cm³/mol. The molecular formula is C19H26NO2+. The van der Waals surface area contributed by atoms with Gasteiger partial charge in [-0.15, -0.1) is 0 Å². The van der Waals surface area contributed by atoms with Crippen LogP contribution in [-0.2, 0) is 6.42 Å². The van der Waals surface area contributed by atoms with Crippen LogP contribution in [0.4, 0.5) is 0 Å². The minimum atomic E-state index is 0.624. The van der Waals surface area contributed by atoms with Crippen molar-refractivity contribution in [3.05, 3.63) is 35.4 Å². The molecule has 0 spiro atoms. The van der Waals surface area contributed by atoms with Gasteiger partial charge in [-0.05, 0) is 30.5 Å². The zero-order valence-corrected chi connectivity index (χ0v) is 13.8. The molecule has 0 amide bonds. The first kappa shape index (κ1) is 14.1. The SMILES string of the molecule is COc1cc2c(cc1OC)[C@@H]1[C@@H]3CC=CC[C@@H]3C[N@+]1(C)CC2. The zero-order valence-electron chi connectivity index (χ0n) is 13.8. The molecule has 118 valence electrons. The molecule has 4 rings (SSSR count). The maximum atomic E-state index is 5.57. The van der Waals surface area contributed by atoms with Gasteiger partial charge in [0.25, 0.3) is 0 Å². The van der Waals surface area contributed by atoms with E-state index in [1.807, 2.05) is 0 Å². The molecule has 1 aliphatic carbocycles. The lowest BCUT2D eigenvalue weighted by molar-refractivity contribution is -0.931. The number of quaternary nitrogens is 1. The first-order valence-corrected chi connectivity index (χ1v) is 8.40. The topological polar surface area (TPSA) is 18.5 Å². The predicted octanol–water partition coefficient (Wildman–Crippen LogP) is 3.34. The molecule has 4 atom stereocenters. The third kappa shape index (κ3) is 1.91. The maximum Gasteiger partial charge on any atom is 0.161 e. The standard InChI is InChI=1S/C19H26NO2/c1-20-9-8-13-10-17(21-2)18(22-3)11-16(13)19(20)15-7-5-4-6-14(15)12-20/h4-5,10-11,14-15,19H,6-9,12H2,1-3H3/q+1/t14-,15-,19+,20+/m1/s1. The molecule has 3 heteroatoms. The Hall–Kier alpha value is -1.48. The molecule has 0 radical (unpaired) electrons. The number of methoxy groups -OCH3 is 2. The van der Waals surface area contributed by atoms with E-state index in [1.54, 1.807) is 14.2 Å². The third-order valence-corrected chi connectivity index (χ3v) is 6.20. The van der Waals surface area contributed by atoms with Crippen LogP contribution >= 0.6 is 0 Å². The van der Waals surface area contributed by atoms with Gasteiger partial charge in [0.15, 0.2) is 11.5 Å². The average Bonchev–Trinajstić information content (AvgIpc) is 2.85. The molecule has 0 saturated carbocycles. The first-order chi connectivity index (χ1) is 10.7. The summed E-state index contributed by atoms with van der Waals surface area (Å²) in [5.74, 6) is 3.38. The van der Waals surface area contributed by atoms with Gasteiger partial charge in [0.1, 0.15) is 6.04 Å². The van der Waals surface area contributed by atoms with Crippen LogP contribution in [-0.4, -0.2) is 38.8 Å². The Morgan fingerprint density at radius 2 is 1.77 bits per heavy atom. The van der Waals surface area contributed by atoms with Crippen molar-refractivity contribution >= 4 is 0 Å². The number of rotatable bonds is 2. The molecule has 2 aliphatic heterocycles. The Morgan fingerprint density at radius 1 is 1.05 bits per heavy atom. The molecule has 1 saturated heterocycles. The monoisotopic (exact) mass is 300 g/mol.